The second-order valence-corrected chi connectivity index (χ2v) is 6.88. The highest BCUT2D eigenvalue weighted by molar-refractivity contribution is 5.22. The molecule has 1 aromatic rings. The van der Waals surface area contributed by atoms with Gasteiger partial charge in [-0.25, -0.2) is 8.78 Å². The van der Waals surface area contributed by atoms with Crippen LogP contribution in [0.25, 0.3) is 0 Å². The Kier molecular flexibility index (Phi) is 4.58. The van der Waals surface area contributed by atoms with Crippen molar-refractivity contribution in [2.45, 2.75) is 51.5 Å². The van der Waals surface area contributed by atoms with Crippen LogP contribution in [0.15, 0.2) is 18.2 Å². The van der Waals surface area contributed by atoms with Crippen molar-refractivity contribution in [2.75, 3.05) is 6.54 Å². The number of halogens is 2. The Bertz CT molecular complexity index is 468. The summed E-state index contributed by atoms with van der Waals surface area (Å²) < 4.78 is 27.0. The fourth-order valence-corrected chi connectivity index (χ4v) is 4.40. The summed E-state index contributed by atoms with van der Waals surface area (Å²) in [6.07, 6.45) is 7.49. The maximum atomic E-state index is 13.5. The molecule has 2 bridgehead atoms. The summed E-state index contributed by atoms with van der Waals surface area (Å²) in [5.41, 5.74) is 0.767. The SMILES string of the molecule is CCCNC(CC1CC2CCC1C2)c1cc(F)cc(F)c1. The van der Waals surface area contributed by atoms with Gasteiger partial charge in [0.15, 0.2) is 0 Å². The normalized spacial score (nSPS) is 29.0. The zero-order chi connectivity index (χ0) is 14.8. The molecule has 21 heavy (non-hydrogen) atoms. The highest BCUT2D eigenvalue weighted by Crippen LogP contribution is 2.50. The first kappa shape index (κ1) is 15.0. The topological polar surface area (TPSA) is 12.0 Å². The van der Waals surface area contributed by atoms with Crippen molar-refractivity contribution in [2.24, 2.45) is 17.8 Å². The van der Waals surface area contributed by atoms with Gasteiger partial charge in [0.25, 0.3) is 0 Å². The summed E-state index contributed by atoms with van der Waals surface area (Å²) in [4.78, 5) is 0. The molecule has 2 aliphatic rings. The van der Waals surface area contributed by atoms with E-state index < -0.39 is 11.6 Å². The van der Waals surface area contributed by atoms with E-state index in [0.29, 0.717) is 0 Å². The lowest BCUT2D eigenvalue weighted by atomic mass is 9.82. The third-order valence-corrected chi connectivity index (χ3v) is 5.35. The standard InChI is InChI=1S/C18H25F2N/c1-2-5-21-18(15-8-16(19)11-17(20)9-15)10-14-7-12-3-4-13(14)6-12/h8-9,11-14,18,21H,2-7,10H2,1H3. The van der Waals surface area contributed by atoms with Crippen LogP contribution in [0.4, 0.5) is 8.78 Å². The third kappa shape index (κ3) is 3.45. The quantitative estimate of drug-likeness (QED) is 0.792. The Morgan fingerprint density at radius 3 is 2.48 bits per heavy atom. The average Bonchev–Trinajstić information content (AvgIpc) is 3.04. The maximum Gasteiger partial charge on any atom is 0.126 e. The van der Waals surface area contributed by atoms with Gasteiger partial charge >= 0.3 is 0 Å². The van der Waals surface area contributed by atoms with Crippen molar-refractivity contribution in [3.63, 3.8) is 0 Å². The van der Waals surface area contributed by atoms with Gasteiger partial charge < -0.3 is 5.32 Å². The number of hydrogen-bond donors (Lipinski definition) is 1. The molecule has 2 saturated carbocycles. The van der Waals surface area contributed by atoms with E-state index in [0.717, 1.165) is 48.8 Å². The van der Waals surface area contributed by atoms with Crippen LogP contribution in [-0.4, -0.2) is 6.54 Å². The lowest BCUT2D eigenvalue weighted by molar-refractivity contribution is 0.278. The summed E-state index contributed by atoms with van der Waals surface area (Å²) >= 11 is 0. The minimum atomic E-state index is -0.471. The minimum absolute atomic E-state index is 0.0829. The molecule has 4 atom stereocenters. The molecule has 0 aromatic heterocycles. The molecule has 1 nitrogen and oxygen atoms in total. The Morgan fingerprint density at radius 1 is 1.14 bits per heavy atom. The Morgan fingerprint density at radius 2 is 1.90 bits per heavy atom. The largest absolute Gasteiger partial charge is 0.310 e. The molecule has 4 unspecified atom stereocenters. The Hall–Kier alpha value is -0.960. The van der Waals surface area contributed by atoms with Crippen LogP contribution in [0, 0.1) is 29.4 Å². The van der Waals surface area contributed by atoms with E-state index in [4.69, 9.17) is 0 Å². The van der Waals surface area contributed by atoms with Crippen molar-refractivity contribution < 1.29 is 8.78 Å². The van der Waals surface area contributed by atoms with E-state index in [1.54, 1.807) is 0 Å². The van der Waals surface area contributed by atoms with Gasteiger partial charge in [0.2, 0.25) is 0 Å². The zero-order valence-electron chi connectivity index (χ0n) is 12.7. The van der Waals surface area contributed by atoms with Gasteiger partial charge in [-0.05, 0) is 74.1 Å². The van der Waals surface area contributed by atoms with Gasteiger partial charge in [0.1, 0.15) is 11.6 Å². The van der Waals surface area contributed by atoms with Gasteiger partial charge in [-0.3, -0.25) is 0 Å². The van der Waals surface area contributed by atoms with Crippen molar-refractivity contribution in [3.8, 4) is 0 Å². The van der Waals surface area contributed by atoms with Gasteiger partial charge in [0.05, 0.1) is 0 Å². The van der Waals surface area contributed by atoms with Crippen LogP contribution in [0.1, 0.15) is 57.1 Å². The molecule has 2 aliphatic carbocycles. The van der Waals surface area contributed by atoms with Crippen LogP contribution in [0.2, 0.25) is 0 Å². The molecule has 1 aromatic carbocycles. The molecule has 0 saturated heterocycles. The lowest BCUT2D eigenvalue weighted by Crippen LogP contribution is -2.26. The van der Waals surface area contributed by atoms with E-state index in [1.807, 2.05) is 0 Å². The molecule has 3 rings (SSSR count). The molecule has 1 N–H and O–H groups in total. The van der Waals surface area contributed by atoms with Crippen molar-refractivity contribution >= 4 is 0 Å². The summed E-state index contributed by atoms with van der Waals surface area (Å²) in [6.45, 7) is 3.01. The number of fused-ring (bicyclic) bond motifs is 2. The summed E-state index contributed by atoms with van der Waals surface area (Å²) in [7, 11) is 0. The molecular weight excluding hydrogens is 268 g/mol. The van der Waals surface area contributed by atoms with E-state index in [1.165, 1.54) is 37.8 Å². The molecule has 0 amide bonds. The second kappa shape index (κ2) is 6.43. The number of benzene rings is 1. The van der Waals surface area contributed by atoms with E-state index in [9.17, 15) is 8.78 Å². The zero-order valence-corrected chi connectivity index (χ0v) is 12.7. The Balaban J connectivity index is 1.73. The molecule has 0 heterocycles. The highest BCUT2D eigenvalue weighted by Gasteiger charge is 2.40. The fraction of sp³-hybridized carbons (Fsp3) is 0.667. The summed E-state index contributed by atoms with van der Waals surface area (Å²) in [6, 6.07) is 4.02. The number of hydrogen-bond acceptors (Lipinski definition) is 1. The summed E-state index contributed by atoms with van der Waals surface area (Å²) in [5.74, 6) is 1.54. The minimum Gasteiger partial charge on any atom is -0.310 e. The van der Waals surface area contributed by atoms with Gasteiger partial charge in [-0.15, -0.1) is 0 Å². The van der Waals surface area contributed by atoms with Crippen LogP contribution in [-0.2, 0) is 0 Å². The first-order valence-corrected chi connectivity index (χ1v) is 8.35. The van der Waals surface area contributed by atoms with Crippen molar-refractivity contribution in [1.82, 2.24) is 5.32 Å². The molecular formula is C18H25F2N. The fourth-order valence-electron chi connectivity index (χ4n) is 4.40. The first-order chi connectivity index (χ1) is 10.2. The van der Waals surface area contributed by atoms with Crippen LogP contribution >= 0.6 is 0 Å². The van der Waals surface area contributed by atoms with Crippen LogP contribution < -0.4 is 5.32 Å². The van der Waals surface area contributed by atoms with E-state index >= 15 is 0 Å². The second-order valence-electron chi connectivity index (χ2n) is 6.88. The van der Waals surface area contributed by atoms with Crippen molar-refractivity contribution in [3.05, 3.63) is 35.4 Å². The average molecular weight is 293 g/mol. The number of rotatable bonds is 6. The lowest BCUT2D eigenvalue weighted by Gasteiger charge is -2.28. The molecule has 2 fully saturated rings. The molecule has 3 heteroatoms. The van der Waals surface area contributed by atoms with Crippen LogP contribution in [0.5, 0.6) is 0 Å². The van der Waals surface area contributed by atoms with Crippen LogP contribution in [0.3, 0.4) is 0 Å². The predicted molar refractivity (Wildman–Crippen MR) is 80.9 cm³/mol. The highest BCUT2D eigenvalue weighted by atomic mass is 19.1. The molecule has 0 aliphatic heterocycles. The Labute approximate surface area is 126 Å². The van der Waals surface area contributed by atoms with Gasteiger partial charge in [-0.2, -0.15) is 0 Å². The molecule has 0 radical (unpaired) electrons. The van der Waals surface area contributed by atoms with Gasteiger partial charge in [-0.1, -0.05) is 13.3 Å². The van der Waals surface area contributed by atoms with E-state index in [-0.39, 0.29) is 6.04 Å². The summed E-state index contributed by atoms with van der Waals surface area (Å²) in [5, 5.41) is 3.49. The molecule has 116 valence electrons. The third-order valence-electron chi connectivity index (χ3n) is 5.35. The van der Waals surface area contributed by atoms with Crippen molar-refractivity contribution in [1.29, 1.82) is 0 Å². The first-order valence-electron chi connectivity index (χ1n) is 8.35. The van der Waals surface area contributed by atoms with E-state index in [2.05, 4.69) is 12.2 Å². The monoisotopic (exact) mass is 293 g/mol. The molecule has 0 spiro atoms. The maximum absolute atomic E-state index is 13.5. The number of nitrogens with one attached hydrogen (secondary N) is 1. The predicted octanol–water partition coefficient (Wildman–Crippen LogP) is 4.83. The smallest absolute Gasteiger partial charge is 0.126 e. The van der Waals surface area contributed by atoms with Gasteiger partial charge in [0, 0.05) is 12.1 Å².